The molecule has 0 aromatic heterocycles. The van der Waals surface area contributed by atoms with E-state index in [0.717, 1.165) is 0 Å². The van der Waals surface area contributed by atoms with Crippen LogP contribution in [0.5, 0.6) is 0 Å². The van der Waals surface area contributed by atoms with E-state index in [4.69, 9.17) is 17.3 Å². The molecule has 0 radical (unpaired) electrons. The van der Waals surface area contributed by atoms with E-state index in [0.29, 0.717) is 17.3 Å². The van der Waals surface area contributed by atoms with Crippen LogP contribution in [-0.4, -0.2) is 22.9 Å². The first-order valence-electron chi connectivity index (χ1n) is 4.56. The smallest absolute Gasteiger partial charge is 0.170 e. The van der Waals surface area contributed by atoms with Gasteiger partial charge in [0.05, 0.1) is 6.10 Å². The Morgan fingerprint density at radius 3 is 2.60 bits per heavy atom. The van der Waals surface area contributed by atoms with Gasteiger partial charge in [0.15, 0.2) is 5.11 Å². The van der Waals surface area contributed by atoms with Crippen molar-refractivity contribution in [2.24, 2.45) is 0 Å². The van der Waals surface area contributed by atoms with Crippen molar-refractivity contribution in [2.75, 3.05) is 11.9 Å². The summed E-state index contributed by atoms with van der Waals surface area (Å²) in [6.07, 6.45) is -0.460. The minimum Gasteiger partial charge on any atom is -0.392 e. The largest absolute Gasteiger partial charge is 0.392 e. The van der Waals surface area contributed by atoms with Gasteiger partial charge in [-0.05, 0) is 43.4 Å². The second-order valence-corrected chi connectivity index (χ2v) is 3.60. The van der Waals surface area contributed by atoms with Gasteiger partial charge in [-0.2, -0.15) is 0 Å². The molecule has 1 atom stereocenters. The van der Waals surface area contributed by atoms with Gasteiger partial charge in [-0.25, -0.2) is 4.39 Å². The molecule has 0 spiro atoms. The third-order valence-corrected chi connectivity index (χ3v) is 1.91. The Labute approximate surface area is 93.3 Å². The van der Waals surface area contributed by atoms with Crippen molar-refractivity contribution >= 4 is 23.0 Å². The van der Waals surface area contributed by atoms with Crippen LogP contribution in [0.4, 0.5) is 10.1 Å². The van der Waals surface area contributed by atoms with Crippen molar-refractivity contribution in [1.29, 1.82) is 0 Å². The first-order chi connectivity index (χ1) is 7.08. The lowest BCUT2D eigenvalue weighted by molar-refractivity contribution is 0.198. The molecule has 1 aromatic rings. The Bertz CT molecular complexity index is 327. The molecule has 5 heteroatoms. The van der Waals surface area contributed by atoms with Crippen molar-refractivity contribution < 1.29 is 9.50 Å². The van der Waals surface area contributed by atoms with Crippen molar-refractivity contribution in [3.05, 3.63) is 30.1 Å². The molecule has 0 unspecified atom stereocenters. The zero-order chi connectivity index (χ0) is 11.3. The van der Waals surface area contributed by atoms with Gasteiger partial charge >= 0.3 is 0 Å². The lowest BCUT2D eigenvalue weighted by Gasteiger charge is -2.11. The molecule has 0 aliphatic carbocycles. The van der Waals surface area contributed by atoms with Gasteiger partial charge in [0.25, 0.3) is 0 Å². The van der Waals surface area contributed by atoms with Crippen molar-refractivity contribution in [3.63, 3.8) is 0 Å². The minimum atomic E-state index is -0.460. The second-order valence-electron chi connectivity index (χ2n) is 3.19. The topological polar surface area (TPSA) is 44.3 Å². The number of anilines is 1. The Hall–Kier alpha value is -1.20. The first kappa shape index (κ1) is 11.9. The van der Waals surface area contributed by atoms with Gasteiger partial charge in [0, 0.05) is 12.2 Å². The highest BCUT2D eigenvalue weighted by molar-refractivity contribution is 7.80. The number of aliphatic hydroxyl groups is 1. The number of rotatable bonds is 3. The van der Waals surface area contributed by atoms with Gasteiger partial charge in [0.1, 0.15) is 5.82 Å². The van der Waals surface area contributed by atoms with E-state index in [2.05, 4.69) is 10.6 Å². The maximum Gasteiger partial charge on any atom is 0.170 e. The zero-order valence-corrected chi connectivity index (χ0v) is 9.14. The predicted octanol–water partition coefficient (Wildman–Crippen LogP) is 1.49. The Kier molecular flexibility index (Phi) is 4.45. The van der Waals surface area contributed by atoms with Crippen LogP contribution in [0, 0.1) is 5.82 Å². The Morgan fingerprint density at radius 2 is 2.07 bits per heavy atom. The molecule has 0 aliphatic rings. The maximum atomic E-state index is 12.6. The summed E-state index contributed by atoms with van der Waals surface area (Å²) in [5.74, 6) is -0.289. The van der Waals surface area contributed by atoms with Crippen LogP contribution in [0.3, 0.4) is 0 Å². The molecule has 0 aliphatic heterocycles. The normalized spacial score (nSPS) is 11.9. The summed E-state index contributed by atoms with van der Waals surface area (Å²) in [5, 5.41) is 15.1. The molecule has 0 fully saturated rings. The summed E-state index contributed by atoms with van der Waals surface area (Å²) in [4.78, 5) is 0. The average molecular weight is 228 g/mol. The lowest BCUT2D eigenvalue weighted by atomic mass is 10.3. The van der Waals surface area contributed by atoms with E-state index in [9.17, 15) is 4.39 Å². The molecule has 0 bridgehead atoms. The highest BCUT2D eigenvalue weighted by Gasteiger charge is 1.99. The zero-order valence-electron chi connectivity index (χ0n) is 8.33. The maximum absolute atomic E-state index is 12.6. The molecule has 0 saturated carbocycles. The number of hydrogen-bond acceptors (Lipinski definition) is 2. The van der Waals surface area contributed by atoms with E-state index >= 15 is 0 Å². The molecule has 3 N–H and O–H groups in total. The Morgan fingerprint density at radius 1 is 1.47 bits per heavy atom. The summed E-state index contributed by atoms with van der Waals surface area (Å²) >= 11 is 4.96. The number of hydrogen-bond donors (Lipinski definition) is 3. The summed E-state index contributed by atoms with van der Waals surface area (Å²) < 4.78 is 12.6. The van der Waals surface area contributed by atoms with E-state index in [1.165, 1.54) is 12.1 Å². The molecular weight excluding hydrogens is 215 g/mol. The number of aliphatic hydroxyl groups excluding tert-OH is 1. The number of halogens is 1. The third-order valence-electron chi connectivity index (χ3n) is 1.66. The van der Waals surface area contributed by atoms with Crippen LogP contribution in [0.15, 0.2) is 24.3 Å². The molecular formula is C10H13FN2OS. The summed E-state index contributed by atoms with van der Waals surface area (Å²) in [6.45, 7) is 2.04. The molecule has 0 heterocycles. The molecule has 1 rings (SSSR count). The number of benzene rings is 1. The van der Waals surface area contributed by atoms with Crippen LogP contribution in [0.2, 0.25) is 0 Å². The fraction of sp³-hybridized carbons (Fsp3) is 0.300. The number of thiocarbonyl (C=S) groups is 1. The fourth-order valence-corrected chi connectivity index (χ4v) is 1.15. The van der Waals surface area contributed by atoms with Crippen LogP contribution in [0.1, 0.15) is 6.92 Å². The lowest BCUT2D eigenvalue weighted by Crippen LogP contribution is -2.33. The van der Waals surface area contributed by atoms with Gasteiger partial charge in [-0.15, -0.1) is 0 Å². The van der Waals surface area contributed by atoms with Crippen molar-refractivity contribution in [1.82, 2.24) is 5.32 Å². The van der Waals surface area contributed by atoms with E-state index in [1.807, 2.05) is 0 Å². The standard InChI is InChI=1S/C10H13FN2OS/c1-7(14)6-12-10(15)13-9-4-2-8(11)3-5-9/h2-5,7,14H,6H2,1H3,(H2,12,13,15)/t7-/m1/s1. The molecule has 0 amide bonds. The summed E-state index contributed by atoms with van der Waals surface area (Å²) in [7, 11) is 0. The molecule has 15 heavy (non-hydrogen) atoms. The van der Waals surface area contributed by atoms with E-state index < -0.39 is 6.10 Å². The first-order valence-corrected chi connectivity index (χ1v) is 4.97. The monoisotopic (exact) mass is 228 g/mol. The van der Waals surface area contributed by atoms with E-state index in [-0.39, 0.29) is 5.82 Å². The molecule has 82 valence electrons. The number of nitrogens with one attached hydrogen (secondary N) is 2. The molecule has 1 aromatic carbocycles. The summed E-state index contributed by atoms with van der Waals surface area (Å²) in [6, 6.07) is 5.87. The predicted molar refractivity (Wildman–Crippen MR) is 62.3 cm³/mol. The molecule has 0 saturated heterocycles. The van der Waals surface area contributed by atoms with Gasteiger partial charge in [-0.3, -0.25) is 0 Å². The van der Waals surface area contributed by atoms with Crippen molar-refractivity contribution in [3.8, 4) is 0 Å². The SMILES string of the molecule is C[C@@H](O)CNC(=S)Nc1ccc(F)cc1. The third kappa shape index (κ3) is 4.71. The fourth-order valence-electron chi connectivity index (χ4n) is 0.949. The highest BCUT2D eigenvalue weighted by Crippen LogP contribution is 2.07. The van der Waals surface area contributed by atoms with Crippen LogP contribution < -0.4 is 10.6 Å². The van der Waals surface area contributed by atoms with Crippen LogP contribution >= 0.6 is 12.2 Å². The van der Waals surface area contributed by atoms with Gasteiger partial charge in [-0.1, -0.05) is 0 Å². The van der Waals surface area contributed by atoms with Crippen LogP contribution in [0.25, 0.3) is 0 Å². The highest BCUT2D eigenvalue weighted by atomic mass is 32.1. The van der Waals surface area contributed by atoms with Gasteiger partial charge < -0.3 is 15.7 Å². The van der Waals surface area contributed by atoms with Crippen LogP contribution in [-0.2, 0) is 0 Å². The second kappa shape index (κ2) is 5.63. The molecule has 3 nitrogen and oxygen atoms in total. The Balaban J connectivity index is 2.41. The minimum absolute atomic E-state index is 0.289. The van der Waals surface area contributed by atoms with E-state index in [1.54, 1.807) is 19.1 Å². The van der Waals surface area contributed by atoms with Gasteiger partial charge in [0.2, 0.25) is 0 Å². The quantitative estimate of drug-likeness (QED) is 0.686. The van der Waals surface area contributed by atoms with Crippen molar-refractivity contribution in [2.45, 2.75) is 13.0 Å². The summed E-state index contributed by atoms with van der Waals surface area (Å²) in [5.41, 5.74) is 0.708. The average Bonchev–Trinajstić information content (AvgIpc) is 2.19.